The number of carbonyl (C=O) groups is 3. The Bertz CT molecular complexity index is 3170. The van der Waals surface area contributed by atoms with Gasteiger partial charge in [0.1, 0.15) is 28.6 Å². The lowest BCUT2D eigenvalue weighted by Crippen LogP contribution is -2.50. The largest absolute Gasteiger partial charge is 0.468 e. The Morgan fingerprint density at radius 3 is 2.47 bits per heavy atom. The van der Waals surface area contributed by atoms with E-state index in [1.165, 1.54) is 42.5 Å². The van der Waals surface area contributed by atoms with Crippen LogP contribution < -0.4 is 24.6 Å². The first kappa shape index (κ1) is 49.1. The van der Waals surface area contributed by atoms with E-state index in [9.17, 15) is 19.5 Å². The first-order valence-electron chi connectivity index (χ1n) is 28.1. The number of halogens is 2. The zero-order valence-corrected chi connectivity index (χ0v) is 43.6. The van der Waals surface area contributed by atoms with Gasteiger partial charge in [0.05, 0.1) is 23.2 Å². The molecule has 1 spiro atoms. The number of piperazine rings is 1. The quantitative estimate of drug-likeness (QED) is 0.0814. The van der Waals surface area contributed by atoms with E-state index in [2.05, 4.69) is 37.9 Å². The molecule has 5 aromatic rings. The molecule has 0 radical (unpaired) electrons. The number of pyridine rings is 1. The molecule has 10 rings (SSSR count). The normalized spacial score (nSPS) is 22.0. The second kappa shape index (κ2) is 22.2. The number of piperidine rings is 2. The predicted octanol–water partition coefficient (Wildman–Crippen LogP) is 7.94. The molecule has 16 nitrogen and oxygen atoms in total. The van der Waals surface area contributed by atoms with Crippen LogP contribution in [0.3, 0.4) is 0 Å². The van der Waals surface area contributed by atoms with Crippen LogP contribution in [0.2, 0.25) is 0 Å². The molecule has 1 aliphatic carbocycles. The van der Waals surface area contributed by atoms with Crippen molar-refractivity contribution in [3.05, 3.63) is 77.0 Å². The van der Waals surface area contributed by atoms with Gasteiger partial charge >= 0.3 is 12.0 Å². The Kier molecular flexibility index (Phi) is 14.3. The van der Waals surface area contributed by atoms with Gasteiger partial charge in [-0.15, -0.1) is 6.42 Å². The number of ether oxygens (including phenoxy) is 3. The highest BCUT2D eigenvalue weighted by molar-refractivity contribution is 6.07. The summed E-state index contributed by atoms with van der Waals surface area (Å²) in [4.78, 5) is 62.5. The third-order valence-electron chi connectivity index (χ3n) is 16.3. The van der Waals surface area contributed by atoms with Crippen LogP contribution in [0.4, 0.5) is 25.1 Å². The minimum atomic E-state index is -2.52. The topological polar surface area (TPSA) is 166 Å². The van der Waals surface area contributed by atoms with E-state index in [1.807, 2.05) is 9.80 Å². The summed E-state index contributed by atoms with van der Waals surface area (Å²) in [5.41, 5.74) is -0.380. The highest BCUT2D eigenvalue weighted by atomic mass is 19.1. The van der Waals surface area contributed by atoms with Crippen molar-refractivity contribution in [3.8, 4) is 35.4 Å². The van der Waals surface area contributed by atoms with Crippen LogP contribution >= 0.6 is 0 Å². The number of aromatic nitrogens is 3. The molecule has 4 aliphatic heterocycles. The van der Waals surface area contributed by atoms with Crippen molar-refractivity contribution < 1.29 is 46.6 Å². The number of hydrogen-bond acceptors (Lipinski definition) is 13. The van der Waals surface area contributed by atoms with Gasteiger partial charge in [-0.25, -0.2) is 13.6 Å². The molecule has 3 aromatic carbocycles. The lowest BCUT2D eigenvalue weighted by atomic mass is 9.65. The van der Waals surface area contributed by atoms with Gasteiger partial charge in [0.25, 0.3) is 5.91 Å². The number of urea groups is 1. The zero-order chi connectivity index (χ0) is 55.8. The third kappa shape index (κ3) is 11.3. The van der Waals surface area contributed by atoms with Crippen LogP contribution in [0.1, 0.15) is 97.2 Å². The minimum Gasteiger partial charge on any atom is -0.468 e. The molecule has 402 valence electrons. The summed E-state index contributed by atoms with van der Waals surface area (Å²) < 4.78 is 73.9. The van der Waals surface area contributed by atoms with Crippen molar-refractivity contribution in [2.45, 2.75) is 84.1 Å². The number of nitrogens with one attached hydrogen (secondary N) is 1. The molecule has 5 fully saturated rings. The van der Waals surface area contributed by atoms with Crippen molar-refractivity contribution in [2.24, 2.45) is 17.3 Å². The van der Waals surface area contributed by atoms with Gasteiger partial charge in [-0.2, -0.15) is 9.97 Å². The smallest absolute Gasteiger partial charge is 0.328 e. The van der Waals surface area contributed by atoms with Crippen molar-refractivity contribution >= 4 is 51.0 Å². The number of amides is 4. The molecule has 0 unspecified atom stereocenters. The van der Waals surface area contributed by atoms with E-state index >= 15 is 8.78 Å². The fraction of sp³-hybridized carbons (Fsp3) is 0.517. The molecule has 1 saturated carbocycles. The number of fused-ring (bicyclic) bond motifs is 2. The molecule has 2 N–H and O–H groups in total. The van der Waals surface area contributed by atoms with Crippen LogP contribution in [0, 0.1) is 48.1 Å². The maximum atomic E-state index is 17.3. The second-order valence-electron chi connectivity index (χ2n) is 22.0. The van der Waals surface area contributed by atoms with Gasteiger partial charge in [0.2, 0.25) is 5.91 Å². The Labute approximate surface area is 447 Å². The van der Waals surface area contributed by atoms with Gasteiger partial charge in [-0.05, 0) is 118 Å². The molecule has 2 atom stereocenters. The lowest BCUT2D eigenvalue weighted by molar-refractivity contribution is -0.120. The summed E-state index contributed by atoms with van der Waals surface area (Å²) in [6, 6.07) is 9.77. The first-order chi connectivity index (χ1) is 37.8. The second-order valence-corrected chi connectivity index (χ2v) is 22.0. The van der Waals surface area contributed by atoms with Crippen molar-refractivity contribution in [3.63, 3.8) is 0 Å². The van der Waals surface area contributed by atoms with Gasteiger partial charge in [0.15, 0.2) is 12.6 Å². The maximum Gasteiger partial charge on any atom is 0.328 e. The first-order valence-corrected chi connectivity index (χ1v) is 26.6. The number of rotatable bonds is 14. The SMILES string of the molecule is [2H]C([2H])([2H])c1ccc(C(=O)N2CCC3(CCC(CN4CCN(C[C@@H](C)COc5nc(N6CCC[C@@](C)(O)C6)c6cnc(-c7cc(OCOC)cc8ccc(F)c(C#C)c78)c(F)c6n5)CC4)CC3)CC2)cc1N1CCC(=O)NC1=O. The van der Waals surface area contributed by atoms with Gasteiger partial charge in [-0.3, -0.25) is 24.8 Å². The molecule has 6 heterocycles. The highest BCUT2D eigenvalue weighted by Crippen LogP contribution is 2.47. The average Bonchev–Trinajstić information content (AvgIpc) is 3.61. The summed E-state index contributed by atoms with van der Waals surface area (Å²) in [6.45, 7) is 9.24. The Morgan fingerprint density at radius 1 is 0.974 bits per heavy atom. The van der Waals surface area contributed by atoms with E-state index < -0.39 is 36.0 Å². The summed E-state index contributed by atoms with van der Waals surface area (Å²) in [7, 11) is 1.48. The minimum absolute atomic E-state index is 0.00759. The molecule has 5 aliphatic rings. The lowest BCUT2D eigenvalue weighted by Gasteiger charge is -2.47. The predicted molar refractivity (Wildman–Crippen MR) is 286 cm³/mol. The van der Waals surface area contributed by atoms with E-state index in [4.69, 9.17) is 29.7 Å². The number of carbonyl (C=O) groups excluding carboxylic acids is 3. The molecule has 76 heavy (non-hydrogen) atoms. The fourth-order valence-corrected chi connectivity index (χ4v) is 12.1. The summed E-state index contributed by atoms with van der Waals surface area (Å²) >= 11 is 0. The Morgan fingerprint density at radius 2 is 1.75 bits per heavy atom. The molecule has 0 bridgehead atoms. The number of nitrogens with zero attached hydrogens (tertiary/aromatic N) is 8. The monoisotopic (exact) mass is 1040 g/mol. The van der Waals surface area contributed by atoms with Crippen LogP contribution in [-0.4, -0.2) is 151 Å². The standard InChI is InChI=1S/C58H69F2N9O7/c1-6-43-46(59)11-10-40-28-42(76-36-74-5)30-44(49(40)43)51-50(60)52-45(31-61-51)53(68-20-7-15-57(4,73)35-68)64-55(63-52)75-34-37(2)32-65-24-26-66(27-25-65)33-39-12-16-58(17-13-39)18-22-67(23-19-58)54(71)41-9-8-38(3)47(29-41)69-21-14-48(70)62-56(69)72/h1,8-11,28-31,37,39,73H,7,12-27,32-36H2,2-5H3,(H,62,70,72)/t37-,57-/m1/s1/i3D3. The van der Waals surface area contributed by atoms with E-state index in [1.54, 1.807) is 25.1 Å². The molecular weight excluding hydrogens is 973 g/mol. The van der Waals surface area contributed by atoms with Gasteiger partial charge in [0, 0.05) is 124 Å². The van der Waals surface area contributed by atoms with E-state index in [-0.39, 0.29) is 89.7 Å². The van der Waals surface area contributed by atoms with Crippen molar-refractivity contribution in [1.29, 1.82) is 0 Å². The molecule has 18 heteroatoms. The number of aryl methyl sites for hydroxylation is 1. The number of aliphatic hydroxyl groups is 1. The molecule has 4 amide bonds. The van der Waals surface area contributed by atoms with E-state index in [0.29, 0.717) is 71.7 Å². The van der Waals surface area contributed by atoms with E-state index in [0.717, 1.165) is 77.8 Å². The number of anilines is 2. The summed E-state index contributed by atoms with van der Waals surface area (Å²) in [5, 5.41) is 14.5. The molecular formula is C58H69F2N9O7. The number of likely N-dealkylation sites (tertiary alicyclic amines) is 1. The van der Waals surface area contributed by atoms with Gasteiger partial charge in [-0.1, -0.05) is 25.0 Å². The number of terminal acetylenes is 1. The number of hydrogen-bond donors (Lipinski definition) is 2. The molecule has 2 aromatic heterocycles. The van der Waals surface area contributed by atoms with Gasteiger partial charge < -0.3 is 38.9 Å². The highest BCUT2D eigenvalue weighted by Gasteiger charge is 2.40. The average molecular weight is 1050 g/mol. The summed E-state index contributed by atoms with van der Waals surface area (Å²) in [6.07, 6.45) is 15.0. The zero-order valence-electron chi connectivity index (χ0n) is 46.6. The summed E-state index contributed by atoms with van der Waals surface area (Å²) in [5.74, 6) is 1.83. The maximum absolute atomic E-state index is 17.3. The third-order valence-corrected chi connectivity index (χ3v) is 16.3. The number of imide groups is 1. The van der Waals surface area contributed by atoms with Crippen molar-refractivity contribution in [2.75, 3.05) is 102 Å². The Balaban J connectivity index is 0.740. The number of benzene rings is 3. The number of β-amino-alcohol motifs (C(OH)–C–C–N with tert-alkyl or cyclic N) is 1. The Hall–Kier alpha value is -6.52. The van der Waals surface area contributed by atoms with Crippen molar-refractivity contribution in [1.82, 2.24) is 35.0 Å². The van der Waals surface area contributed by atoms with Crippen LogP contribution in [0.15, 0.2) is 48.7 Å². The van der Waals surface area contributed by atoms with Crippen LogP contribution in [-0.2, 0) is 9.53 Å². The fourth-order valence-electron chi connectivity index (χ4n) is 12.1. The molecule has 4 saturated heterocycles. The number of methoxy groups -OCH3 is 1. The van der Waals surface area contributed by atoms with Crippen LogP contribution in [0.5, 0.6) is 11.8 Å². The van der Waals surface area contributed by atoms with Crippen LogP contribution in [0.25, 0.3) is 32.9 Å².